The molecule has 2 aromatic rings. The summed E-state index contributed by atoms with van der Waals surface area (Å²) in [6.07, 6.45) is 0.474. The van der Waals surface area contributed by atoms with Crippen molar-refractivity contribution >= 4 is 17.7 Å². The van der Waals surface area contributed by atoms with Crippen LogP contribution in [0.15, 0.2) is 60.7 Å². The molecule has 1 N–H and O–H groups in total. The fourth-order valence-corrected chi connectivity index (χ4v) is 3.74. The first-order chi connectivity index (χ1) is 13.1. The second-order valence-electron chi connectivity index (χ2n) is 6.92. The molecule has 2 aliphatic rings. The van der Waals surface area contributed by atoms with E-state index in [0.717, 1.165) is 5.56 Å². The molecule has 0 aliphatic carbocycles. The molecule has 0 unspecified atom stereocenters. The normalized spacial score (nSPS) is 22.2. The van der Waals surface area contributed by atoms with E-state index in [4.69, 9.17) is 0 Å². The van der Waals surface area contributed by atoms with Crippen molar-refractivity contribution in [3.05, 3.63) is 71.8 Å². The smallest absolute Gasteiger partial charge is 0.253 e. The van der Waals surface area contributed by atoms with E-state index >= 15 is 0 Å². The van der Waals surface area contributed by atoms with Gasteiger partial charge in [-0.1, -0.05) is 48.5 Å². The maximum Gasteiger partial charge on any atom is 0.253 e. The molecule has 3 amide bonds. The van der Waals surface area contributed by atoms with Crippen molar-refractivity contribution in [2.24, 2.45) is 0 Å². The Morgan fingerprint density at radius 2 is 1.63 bits per heavy atom. The number of hydrogen-bond donors (Lipinski definition) is 1. The second kappa shape index (κ2) is 7.23. The van der Waals surface area contributed by atoms with E-state index in [0.29, 0.717) is 25.1 Å². The molecule has 2 aliphatic heterocycles. The van der Waals surface area contributed by atoms with Crippen molar-refractivity contribution in [2.45, 2.75) is 18.5 Å². The summed E-state index contributed by atoms with van der Waals surface area (Å²) in [6.45, 7) is 1.03. The largest absolute Gasteiger partial charge is 0.342 e. The minimum Gasteiger partial charge on any atom is -0.342 e. The van der Waals surface area contributed by atoms with Crippen LogP contribution in [0.2, 0.25) is 0 Å². The first-order valence-corrected chi connectivity index (χ1v) is 9.12. The van der Waals surface area contributed by atoms with Crippen LogP contribution in [0.1, 0.15) is 15.9 Å². The molecular formula is C21H21N3O3. The van der Waals surface area contributed by atoms with Crippen LogP contribution < -0.4 is 5.32 Å². The highest BCUT2D eigenvalue weighted by Crippen LogP contribution is 2.19. The molecule has 2 saturated heterocycles. The summed E-state index contributed by atoms with van der Waals surface area (Å²) >= 11 is 0. The van der Waals surface area contributed by atoms with E-state index in [-0.39, 0.29) is 24.3 Å². The molecule has 2 heterocycles. The number of amides is 3. The lowest BCUT2D eigenvalue weighted by molar-refractivity contribution is -0.152. The van der Waals surface area contributed by atoms with Crippen LogP contribution in [0.3, 0.4) is 0 Å². The summed E-state index contributed by atoms with van der Waals surface area (Å²) in [6, 6.07) is 17.5. The first kappa shape index (κ1) is 17.3. The first-order valence-electron chi connectivity index (χ1n) is 9.12. The third-order valence-electron chi connectivity index (χ3n) is 5.17. The van der Waals surface area contributed by atoms with Crippen molar-refractivity contribution in [1.29, 1.82) is 0 Å². The third-order valence-corrected chi connectivity index (χ3v) is 5.17. The Morgan fingerprint density at radius 1 is 0.963 bits per heavy atom. The van der Waals surface area contributed by atoms with Crippen molar-refractivity contribution < 1.29 is 14.4 Å². The fourth-order valence-electron chi connectivity index (χ4n) is 3.74. The number of carbonyl (C=O) groups is 3. The summed E-state index contributed by atoms with van der Waals surface area (Å²) in [5, 5.41) is 2.84. The molecule has 6 nitrogen and oxygen atoms in total. The van der Waals surface area contributed by atoms with Crippen molar-refractivity contribution in [3.63, 3.8) is 0 Å². The molecule has 0 aromatic heterocycles. The van der Waals surface area contributed by atoms with Crippen molar-refractivity contribution in [1.82, 2.24) is 15.1 Å². The molecule has 2 atom stereocenters. The Hall–Kier alpha value is -3.15. The van der Waals surface area contributed by atoms with E-state index in [1.165, 1.54) is 0 Å². The van der Waals surface area contributed by atoms with Gasteiger partial charge in [-0.25, -0.2) is 0 Å². The number of benzene rings is 2. The lowest BCUT2D eigenvalue weighted by atomic mass is 9.98. The molecule has 27 heavy (non-hydrogen) atoms. The van der Waals surface area contributed by atoms with E-state index in [1.54, 1.807) is 21.9 Å². The standard InChI is InChI=1S/C21H21N3O3/c25-19-18-14-23(20(26)16-9-5-2-6-10-16)11-12-24(18)21(27)17(22-19)13-15-7-3-1-4-8-15/h1-10,17-18H,11-14H2,(H,22,25)/t17-,18+/m0/s1. The molecular weight excluding hydrogens is 342 g/mol. The molecule has 2 fully saturated rings. The molecule has 6 heteroatoms. The number of nitrogens with zero attached hydrogens (tertiary/aromatic N) is 2. The van der Waals surface area contributed by atoms with Crippen LogP contribution in [0.5, 0.6) is 0 Å². The van der Waals surface area contributed by atoms with Crippen LogP contribution in [0.4, 0.5) is 0 Å². The maximum atomic E-state index is 12.9. The van der Waals surface area contributed by atoms with Crippen LogP contribution in [0, 0.1) is 0 Å². The maximum absolute atomic E-state index is 12.9. The van der Waals surface area contributed by atoms with Crippen LogP contribution in [-0.4, -0.2) is 59.2 Å². The average Bonchev–Trinajstić information content (AvgIpc) is 2.72. The van der Waals surface area contributed by atoms with Gasteiger partial charge in [0.25, 0.3) is 5.91 Å². The molecule has 2 aromatic carbocycles. The summed E-state index contributed by atoms with van der Waals surface area (Å²) in [7, 11) is 0. The molecule has 4 rings (SSSR count). The minimum atomic E-state index is -0.620. The number of piperazine rings is 2. The minimum absolute atomic E-state index is 0.0738. The van der Waals surface area contributed by atoms with E-state index in [1.807, 2.05) is 48.5 Å². The monoisotopic (exact) mass is 363 g/mol. The SMILES string of the molecule is O=C1N[C@@H](Cc2ccccc2)C(=O)N2CCN(C(=O)c3ccccc3)C[C@H]12. The van der Waals surface area contributed by atoms with Gasteiger partial charge in [0.2, 0.25) is 11.8 Å². The Kier molecular flexibility index (Phi) is 4.62. The van der Waals surface area contributed by atoms with Gasteiger partial charge in [-0.3, -0.25) is 14.4 Å². The van der Waals surface area contributed by atoms with Crippen LogP contribution >= 0.6 is 0 Å². The van der Waals surface area contributed by atoms with Gasteiger partial charge in [-0.15, -0.1) is 0 Å². The van der Waals surface area contributed by atoms with Crippen LogP contribution in [0.25, 0.3) is 0 Å². The number of nitrogens with one attached hydrogen (secondary N) is 1. The lowest BCUT2D eigenvalue weighted by Gasteiger charge is -2.45. The Bertz CT molecular complexity index is 853. The van der Waals surface area contributed by atoms with Gasteiger partial charge in [0.1, 0.15) is 12.1 Å². The summed E-state index contributed by atoms with van der Waals surface area (Å²) in [4.78, 5) is 41.4. The summed E-state index contributed by atoms with van der Waals surface area (Å²) < 4.78 is 0. The highest BCUT2D eigenvalue weighted by molar-refractivity contribution is 5.99. The van der Waals surface area contributed by atoms with E-state index in [2.05, 4.69) is 5.32 Å². The van der Waals surface area contributed by atoms with Gasteiger partial charge in [-0.2, -0.15) is 0 Å². The van der Waals surface area contributed by atoms with Gasteiger partial charge in [0.15, 0.2) is 0 Å². The third kappa shape index (κ3) is 3.43. The molecule has 0 saturated carbocycles. The number of hydrogen-bond acceptors (Lipinski definition) is 3. The highest BCUT2D eigenvalue weighted by Gasteiger charge is 2.44. The number of rotatable bonds is 3. The zero-order valence-corrected chi connectivity index (χ0v) is 14.9. The molecule has 0 bridgehead atoms. The van der Waals surface area contributed by atoms with Crippen molar-refractivity contribution in [3.8, 4) is 0 Å². The number of carbonyl (C=O) groups excluding carboxylic acids is 3. The summed E-state index contributed by atoms with van der Waals surface area (Å²) in [5.41, 5.74) is 1.60. The van der Waals surface area contributed by atoms with Crippen molar-refractivity contribution in [2.75, 3.05) is 19.6 Å². The zero-order valence-electron chi connectivity index (χ0n) is 14.9. The highest BCUT2D eigenvalue weighted by atomic mass is 16.2. The predicted molar refractivity (Wildman–Crippen MR) is 99.9 cm³/mol. The van der Waals surface area contributed by atoms with Crippen LogP contribution in [-0.2, 0) is 16.0 Å². The zero-order chi connectivity index (χ0) is 18.8. The fraction of sp³-hybridized carbons (Fsp3) is 0.286. The van der Waals surface area contributed by atoms with Gasteiger partial charge in [0.05, 0.1) is 6.54 Å². The van der Waals surface area contributed by atoms with Gasteiger partial charge < -0.3 is 15.1 Å². The Labute approximate surface area is 157 Å². The molecule has 138 valence electrons. The van der Waals surface area contributed by atoms with Gasteiger partial charge in [0, 0.05) is 25.1 Å². The molecule has 0 spiro atoms. The van der Waals surface area contributed by atoms with E-state index < -0.39 is 12.1 Å². The lowest BCUT2D eigenvalue weighted by Crippen LogP contribution is -2.70. The topological polar surface area (TPSA) is 69.7 Å². The average molecular weight is 363 g/mol. The predicted octanol–water partition coefficient (Wildman–Crippen LogP) is 1.08. The van der Waals surface area contributed by atoms with E-state index in [9.17, 15) is 14.4 Å². The summed E-state index contributed by atoms with van der Waals surface area (Å²) in [5.74, 6) is -0.377. The quantitative estimate of drug-likeness (QED) is 0.887. The number of fused-ring (bicyclic) bond motifs is 1. The second-order valence-corrected chi connectivity index (χ2v) is 6.92. The molecule has 0 radical (unpaired) electrons. The van der Waals surface area contributed by atoms with Gasteiger partial charge >= 0.3 is 0 Å². The van der Waals surface area contributed by atoms with Gasteiger partial charge in [-0.05, 0) is 17.7 Å². The Morgan fingerprint density at radius 3 is 2.33 bits per heavy atom. The Balaban J connectivity index is 1.46.